The van der Waals surface area contributed by atoms with Crippen molar-refractivity contribution < 1.29 is 22.7 Å². The van der Waals surface area contributed by atoms with E-state index in [9.17, 15) is 13.2 Å². The summed E-state index contributed by atoms with van der Waals surface area (Å²) < 4.78 is 35.4. The minimum atomic E-state index is -3.35. The molecule has 0 saturated carbocycles. The smallest absolute Gasteiger partial charge is 0.265 e. The Morgan fingerprint density at radius 3 is 2.39 bits per heavy atom. The lowest BCUT2D eigenvalue weighted by atomic mass is 10.2. The number of amides is 1. The van der Waals surface area contributed by atoms with E-state index in [4.69, 9.17) is 21.1 Å². The number of methoxy groups -OCH3 is 1. The van der Waals surface area contributed by atoms with Gasteiger partial charge in [0.05, 0.1) is 24.7 Å². The van der Waals surface area contributed by atoms with E-state index in [2.05, 4.69) is 5.32 Å². The van der Waals surface area contributed by atoms with Gasteiger partial charge in [-0.15, -0.1) is 0 Å². The van der Waals surface area contributed by atoms with Gasteiger partial charge < -0.3 is 14.8 Å². The van der Waals surface area contributed by atoms with Crippen molar-refractivity contribution in [3.05, 3.63) is 47.5 Å². The fourth-order valence-corrected chi connectivity index (χ4v) is 3.08. The highest BCUT2D eigenvalue weighted by Gasteiger charge is 2.20. The van der Waals surface area contributed by atoms with Gasteiger partial charge >= 0.3 is 0 Å². The summed E-state index contributed by atoms with van der Waals surface area (Å²) in [5, 5.41) is 3.23. The molecule has 152 valence electrons. The van der Waals surface area contributed by atoms with Crippen molar-refractivity contribution in [2.45, 2.75) is 19.4 Å². The molecule has 0 fully saturated rings. The maximum atomic E-state index is 12.6. The maximum absolute atomic E-state index is 12.6. The first kappa shape index (κ1) is 21.8. The lowest BCUT2D eigenvalue weighted by molar-refractivity contribution is -0.122. The molecule has 9 heteroatoms. The van der Waals surface area contributed by atoms with Gasteiger partial charge in [-0.1, -0.05) is 18.5 Å². The summed E-state index contributed by atoms with van der Waals surface area (Å²) in [6, 6.07) is 11.4. The van der Waals surface area contributed by atoms with Crippen molar-refractivity contribution in [1.82, 2.24) is 0 Å². The fourth-order valence-electron chi connectivity index (χ4n) is 2.40. The zero-order valence-electron chi connectivity index (χ0n) is 16.1. The molecule has 0 radical (unpaired) electrons. The summed E-state index contributed by atoms with van der Waals surface area (Å²) in [7, 11) is -0.383. The second-order valence-corrected chi connectivity index (χ2v) is 8.52. The van der Waals surface area contributed by atoms with Crippen molar-refractivity contribution in [2.75, 3.05) is 30.0 Å². The van der Waals surface area contributed by atoms with Gasteiger partial charge in [-0.3, -0.25) is 9.10 Å². The van der Waals surface area contributed by atoms with Crippen LogP contribution in [0.25, 0.3) is 0 Å². The van der Waals surface area contributed by atoms with Crippen LogP contribution in [0.1, 0.15) is 13.3 Å². The molecule has 2 aromatic rings. The third-order valence-corrected chi connectivity index (χ3v) is 5.50. The molecule has 1 unspecified atom stereocenters. The quantitative estimate of drug-likeness (QED) is 0.697. The number of hydrogen-bond donors (Lipinski definition) is 1. The minimum Gasteiger partial charge on any atom is -0.495 e. The van der Waals surface area contributed by atoms with Crippen LogP contribution in [0.2, 0.25) is 5.02 Å². The number of nitrogens with zero attached hydrogens (tertiary/aromatic N) is 1. The molecule has 28 heavy (non-hydrogen) atoms. The molecule has 0 saturated heterocycles. The van der Waals surface area contributed by atoms with Crippen molar-refractivity contribution >= 4 is 38.9 Å². The number of carbonyl (C=O) groups excluding carboxylic acids is 1. The first-order chi connectivity index (χ1) is 13.2. The predicted octanol–water partition coefficient (Wildman–Crippen LogP) is 3.54. The Morgan fingerprint density at radius 2 is 1.86 bits per heavy atom. The number of sulfonamides is 1. The van der Waals surface area contributed by atoms with Crippen molar-refractivity contribution in [3.8, 4) is 11.5 Å². The van der Waals surface area contributed by atoms with E-state index in [1.807, 2.05) is 6.92 Å². The van der Waals surface area contributed by atoms with E-state index in [0.29, 0.717) is 34.3 Å². The van der Waals surface area contributed by atoms with Crippen molar-refractivity contribution in [1.29, 1.82) is 0 Å². The van der Waals surface area contributed by atoms with Gasteiger partial charge in [-0.2, -0.15) is 0 Å². The second kappa shape index (κ2) is 9.16. The molecule has 2 aromatic carbocycles. The molecule has 2 rings (SSSR count). The van der Waals surface area contributed by atoms with E-state index in [1.165, 1.54) is 14.2 Å². The number of anilines is 2. The zero-order valence-corrected chi connectivity index (χ0v) is 17.7. The summed E-state index contributed by atoms with van der Waals surface area (Å²) in [5.41, 5.74) is 0.947. The van der Waals surface area contributed by atoms with E-state index in [-0.39, 0.29) is 5.91 Å². The van der Waals surface area contributed by atoms with Gasteiger partial charge in [0, 0.05) is 12.1 Å². The summed E-state index contributed by atoms with van der Waals surface area (Å²) in [6.45, 7) is 1.82. The Balaban J connectivity index is 2.11. The van der Waals surface area contributed by atoms with E-state index < -0.39 is 16.1 Å². The van der Waals surface area contributed by atoms with E-state index >= 15 is 0 Å². The highest BCUT2D eigenvalue weighted by atomic mass is 35.5. The van der Waals surface area contributed by atoms with Gasteiger partial charge in [0.1, 0.15) is 11.5 Å². The molecule has 1 N–H and O–H groups in total. The van der Waals surface area contributed by atoms with Crippen LogP contribution in [0.4, 0.5) is 11.4 Å². The first-order valence-corrected chi connectivity index (χ1v) is 10.7. The van der Waals surface area contributed by atoms with Crippen LogP contribution in [0.3, 0.4) is 0 Å². The minimum absolute atomic E-state index is 0.347. The van der Waals surface area contributed by atoms with E-state index in [1.54, 1.807) is 42.5 Å². The number of ether oxygens (including phenoxy) is 2. The van der Waals surface area contributed by atoms with Crippen LogP contribution in [0, 0.1) is 0 Å². The number of rotatable bonds is 8. The lowest BCUT2D eigenvalue weighted by Gasteiger charge is -2.20. The molecular weight excluding hydrogens is 404 g/mol. The number of halogens is 1. The molecule has 1 atom stereocenters. The molecule has 0 heterocycles. The van der Waals surface area contributed by atoms with Crippen LogP contribution < -0.4 is 19.1 Å². The number of benzene rings is 2. The Kier molecular flexibility index (Phi) is 7.15. The van der Waals surface area contributed by atoms with Crippen LogP contribution in [0.15, 0.2) is 42.5 Å². The Labute approximate surface area is 170 Å². The SMILES string of the molecule is CCC(Oc1ccc(N(C)S(C)(=O)=O)cc1)C(=O)Nc1cc(Cl)ccc1OC. The normalized spacial score (nSPS) is 12.2. The second-order valence-electron chi connectivity index (χ2n) is 6.07. The third kappa shape index (κ3) is 5.53. The highest BCUT2D eigenvalue weighted by molar-refractivity contribution is 7.92. The Bertz CT molecular complexity index is 932. The molecular formula is C19H23ClN2O5S. The van der Waals surface area contributed by atoms with Crippen LogP contribution in [-0.4, -0.2) is 40.8 Å². The van der Waals surface area contributed by atoms with Gasteiger partial charge in [0.25, 0.3) is 5.91 Å². The van der Waals surface area contributed by atoms with Gasteiger partial charge in [-0.05, 0) is 48.9 Å². The average molecular weight is 427 g/mol. The molecule has 0 bridgehead atoms. The van der Waals surface area contributed by atoms with Crippen LogP contribution in [-0.2, 0) is 14.8 Å². The standard InChI is InChI=1S/C19H23ClN2O5S/c1-5-17(19(23)21-16-12-13(20)6-11-18(16)26-3)27-15-9-7-14(8-10-15)22(2)28(4,24)25/h6-12,17H,5H2,1-4H3,(H,21,23). The Morgan fingerprint density at radius 1 is 1.21 bits per heavy atom. The van der Waals surface area contributed by atoms with Crippen molar-refractivity contribution in [2.24, 2.45) is 0 Å². The largest absolute Gasteiger partial charge is 0.495 e. The molecule has 0 aromatic heterocycles. The fraction of sp³-hybridized carbons (Fsp3) is 0.316. The van der Waals surface area contributed by atoms with Gasteiger partial charge in [0.2, 0.25) is 10.0 Å². The van der Waals surface area contributed by atoms with E-state index in [0.717, 1.165) is 10.6 Å². The monoisotopic (exact) mass is 426 g/mol. The number of nitrogens with one attached hydrogen (secondary N) is 1. The molecule has 0 aliphatic rings. The molecule has 0 aliphatic carbocycles. The maximum Gasteiger partial charge on any atom is 0.265 e. The summed E-state index contributed by atoms with van der Waals surface area (Å²) in [4.78, 5) is 12.6. The number of hydrogen-bond acceptors (Lipinski definition) is 5. The molecule has 0 aliphatic heterocycles. The third-order valence-electron chi connectivity index (χ3n) is 4.06. The molecule has 7 nitrogen and oxygen atoms in total. The predicted molar refractivity (Wildman–Crippen MR) is 111 cm³/mol. The van der Waals surface area contributed by atoms with Gasteiger partial charge in [-0.25, -0.2) is 8.42 Å². The summed E-state index contributed by atoms with van der Waals surface area (Å²) in [6.07, 6.45) is 0.806. The lowest BCUT2D eigenvalue weighted by Crippen LogP contribution is -2.32. The van der Waals surface area contributed by atoms with Gasteiger partial charge in [0.15, 0.2) is 6.10 Å². The number of carbonyl (C=O) groups is 1. The highest BCUT2D eigenvalue weighted by Crippen LogP contribution is 2.28. The van der Waals surface area contributed by atoms with Crippen molar-refractivity contribution in [3.63, 3.8) is 0 Å². The van der Waals surface area contributed by atoms with Crippen LogP contribution in [0.5, 0.6) is 11.5 Å². The summed E-state index contributed by atoms with van der Waals surface area (Å²) in [5.74, 6) is 0.590. The Hall–Kier alpha value is -2.45. The molecule has 1 amide bonds. The average Bonchev–Trinajstić information content (AvgIpc) is 2.65. The molecule has 0 spiro atoms. The van der Waals surface area contributed by atoms with Crippen LogP contribution >= 0.6 is 11.6 Å². The summed E-state index contributed by atoms with van der Waals surface area (Å²) >= 11 is 5.99. The topological polar surface area (TPSA) is 84.9 Å². The first-order valence-electron chi connectivity index (χ1n) is 8.50. The zero-order chi connectivity index (χ0) is 20.9.